The van der Waals surface area contributed by atoms with Crippen molar-refractivity contribution in [2.75, 3.05) is 13.2 Å². The monoisotopic (exact) mass is 268 g/mol. The minimum Gasteiger partial charge on any atom is -0.395 e. The quantitative estimate of drug-likeness (QED) is 0.819. The number of hydrogen-bond acceptors (Lipinski definition) is 4. The van der Waals surface area contributed by atoms with Crippen LogP contribution in [0.2, 0.25) is 5.02 Å². The van der Waals surface area contributed by atoms with Gasteiger partial charge in [-0.05, 0) is 6.07 Å². The lowest BCUT2D eigenvalue weighted by molar-refractivity contribution is 0.292. The van der Waals surface area contributed by atoms with Crippen LogP contribution in [0.5, 0.6) is 0 Å². The van der Waals surface area contributed by atoms with Crippen molar-refractivity contribution in [3.8, 4) is 10.6 Å². The molecule has 0 aliphatic rings. The Bertz CT molecular complexity index is 487. The van der Waals surface area contributed by atoms with Crippen LogP contribution in [-0.2, 0) is 6.54 Å². The molecule has 5 heteroatoms. The maximum Gasteiger partial charge on any atom is 0.125 e. The molecule has 0 aliphatic heterocycles. The lowest BCUT2D eigenvalue weighted by atomic mass is 10.2. The van der Waals surface area contributed by atoms with Gasteiger partial charge in [0.05, 0.1) is 17.3 Å². The fraction of sp³-hybridized carbons (Fsp3) is 0.250. The molecular formula is C12H13ClN2OS. The van der Waals surface area contributed by atoms with E-state index in [4.69, 9.17) is 16.7 Å². The van der Waals surface area contributed by atoms with Crippen molar-refractivity contribution in [3.63, 3.8) is 0 Å². The van der Waals surface area contributed by atoms with Crippen LogP contribution in [0.1, 0.15) is 5.69 Å². The summed E-state index contributed by atoms with van der Waals surface area (Å²) < 4.78 is 0. The molecule has 0 fully saturated rings. The van der Waals surface area contributed by atoms with Crippen molar-refractivity contribution in [2.45, 2.75) is 6.54 Å². The maximum absolute atomic E-state index is 8.67. The fourth-order valence-corrected chi connectivity index (χ4v) is 2.58. The van der Waals surface area contributed by atoms with Crippen molar-refractivity contribution in [3.05, 3.63) is 40.4 Å². The summed E-state index contributed by atoms with van der Waals surface area (Å²) in [6, 6.07) is 7.68. The largest absolute Gasteiger partial charge is 0.395 e. The number of halogens is 1. The van der Waals surface area contributed by atoms with Crippen LogP contribution in [0.3, 0.4) is 0 Å². The van der Waals surface area contributed by atoms with Crippen LogP contribution in [-0.4, -0.2) is 23.2 Å². The molecule has 1 heterocycles. The molecule has 2 N–H and O–H groups in total. The molecular weight excluding hydrogens is 256 g/mol. The van der Waals surface area contributed by atoms with E-state index in [1.807, 2.05) is 29.6 Å². The lowest BCUT2D eigenvalue weighted by Crippen LogP contribution is -2.17. The molecule has 17 heavy (non-hydrogen) atoms. The average Bonchev–Trinajstić information content (AvgIpc) is 2.79. The Morgan fingerprint density at radius 1 is 1.35 bits per heavy atom. The third kappa shape index (κ3) is 3.26. The van der Waals surface area contributed by atoms with E-state index in [0.717, 1.165) is 21.3 Å². The molecule has 2 aromatic rings. The van der Waals surface area contributed by atoms with Crippen LogP contribution in [0.25, 0.3) is 10.6 Å². The molecule has 2 rings (SSSR count). The Kier molecular flexibility index (Phi) is 4.50. The summed E-state index contributed by atoms with van der Waals surface area (Å²) in [4.78, 5) is 4.50. The van der Waals surface area contributed by atoms with Crippen molar-refractivity contribution in [1.82, 2.24) is 10.3 Å². The average molecular weight is 269 g/mol. The molecule has 3 nitrogen and oxygen atoms in total. The van der Waals surface area contributed by atoms with E-state index >= 15 is 0 Å². The van der Waals surface area contributed by atoms with Gasteiger partial charge in [-0.25, -0.2) is 4.98 Å². The van der Waals surface area contributed by atoms with Gasteiger partial charge in [0.25, 0.3) is 0 Å². The number of nitrogens with one attached hydrogen (secondary N) is 1. The van der Waals surface area contributed by atoms with E-state index in [2.05, 4.69) is 10.3 Å². The Morgan fingerprint density at radius 2 is 2.18 bits per heavy atom. The van der Waals surface area contributed by atoms with Crippen molar-refractivity contribution in [2.24, 2.45) is 0 Å². The van der Waals surface area contributed by atoms with Gasteiger partial charge in [-0.2, -0.15) is 0 Å². The Morgan fingerprint density at radius 3 is 2.94 bits per heavy atom. The van der Waals surface area contributed by atoms with E-state index in [9.17, 15) is 0 Å². The molecule has 1 aromatic carbocycles. The third-order valence-electron chi connectivity index (χ3n) is 2.25. The van der Waals surface area contributed by atoms with Gasteiger partial charge < -0.3 is 10.4 Å². The second-order valence-corrected chi connectivity index (χ2v) is 4.79. The first-order valence-electron chi connectivity index (χ1n) is 5.32. The van der Waals surface area contributed by atoms with E-state index in [-0.39, 0.29) is 6.61 Å². The van der Waals surface area contributed by atoms with Gasteiger partial charge in [-0.15, -0.1) is 11.3 Å². The minimum atomic E-state index is 0.140. The molecule has 0 saturated carbocycles. The zero-order valence-electron chi connectivity index (χ0n) is 9.19. The molecule has 0 saturated heterocycles. The third-order valence-corrected chi connectivity index (χ3v) is 3.50. The highest BCUT2D eigenvalue weighted by Gasteiger charge is 2.07. The van der Waals surface area contributed by atoms with Crippen LogP contribution in [0.4, 0.5) is 0 Å². The summed E-state index contributed by atoms with van der Waals surface area (Å²) >= 11 is 7.69. The van der Waals surface area contributed by atoms with E-state index in [1.165, 1.54) is 0 Å². The zero-order valence-corrected chi connectivity index (χ0v) is 10.8. The van der Waals surface area contributed by atoms with Gasteiger partial charge in [0.1, 0.15) is 5.01 Å². The van der Waals surface area contributed by atoms with Crippen molar-refractivity contribution >= 4 is 22.9 Å². The summed E-state index contributed by atoms with van der Waals surface area (Å²) in [5, 5.41) is 15.4. The summed E-state index contributed by atoms with van der Waals surface area (Å²) in [5.41, 5.74) is 1.94. The summed E-state index contributed by atoms with van der Waals surface area (Å²) in [5.74, 6) is 0. The maximum atomic E-state index is 8.67. The second kappa shape index (κ2) is 6.12. The van der Waals surface area contributed by atoms with Gasteiger partial charge in [-0.3, -0.25) is 0 Å². The minimum absolute atomic E-state index is 0.140. The lowest BCUT2D eigenvalue weighted by Gasteiger charge is -1.99. The molecule has 90 valence electrons. The molecule has 0 radical (unpaired) electrons. The molecule has 0 spiro atoms. The van der Waals surface area contributed by atoms with E-state index in [0.29, 0.717) is 13.1 Å². The van der Waals surface area contributed by atoms with Gasteiger partial charge in [-0.1, -0.05) is 29.8 Å². The molecule has 0 amide bonds. The van der Waals surface area contributed by atoms with Gasteiger partial charge in [0, 0.05) is 24.0 Å². The highest BCUT2D eigenvalue weighted by atomic mass is 35.5. The van der Waals surface area contributed by atoms with E-state index in [1.54, 1.807) is 11.3 Å². The Balaban J connectivity index is 2.10. The molecule has 0 bridgehead atoms. The van der Waals surface area contributed by atoms with Crippen molar-refractivity contribution < 1.29 is 5.11 Å². The number of aromatic nitrogens is 1. The number of hydrogen-bond donors (Lipinski definition) is 2. The number of benzene rings is 1. The predicted octanol–water partition coefficient (Wildman–Crippen LogP) is 2.55. The Hall–Kier alpha value is -0.940. The SMILES string of the molecule is OCCNCc1csc(-c2ccccc2Cl)n1. The topological polar surface area (TPSA) is 45.1 Å². The fourth-order valence-electron chi connectivity index (χ4n) is 1.44. The molecule has 1 aromatic heterocycles. The first-order chi connectivity index (χ1) is 8.31. The van der Waals surface area contributed by atoms with Crippen LogP contribution in [0, 0.1) is 0 Å². The van der Waals surface area contributed by atoms with E-state index < -0.39 is 0 Å². The predicted molar refractivity (Wildman–Crippen MR) is 71.4 cm³/mol. The highest BCUT2D eigenvalue weighted by molar-refractivity contribution is 7.13. The Labute approximate surface area is 109 Å². The number of rotatable bonds is 5. The molecule has 0 atom stereocenters. The normalized spacial score (nSPS) is 10.7. The highest BCUT2D eigenvalue weighted by Crippen LogP contribution is 2.29. The summed E-state index contributed by atoms with van der Waals surface area (Å²) in [7, 11) is 0. The molecule has 0 unspecified atom stereocenters. The number of thiazole rings is 1. The zero-order chi connectivity index (χ0) is 12.1. The van der Waals surface area contributed by atoms with Crippen LogP contribution < -0.4 is 5.32 Å². The summed E-state index contributed by atoms with van der Waals surface area (Å²) in [6.07, 6.45) is 0. The first kappa shape index (κ1) is 12.5. The molecule has 0 aliphatic carbocycles. The van der Waals surface area contributed by atoms with Crippen LogP contribution in [0.15, 0.2) is 29.6 Å². The van der Waals surface area contributed by atoms with Gasteiger partial charge in [0.15, 0.2) is 0 Å². The summed E-state index contributed by atoms with van der Waals surface area (Å²) in [6.45, 7) is 1.39. The van der Waals surface area contributed by atoms with Gasteiger partial charge in [0.2, 0.25) is 0 Å². The number of aliphatic hydroxyl groups excluding tert-OH is 1. The first-order valence-corrected chi connectivity index (χ1v) is 6.58. The smallest absolute Gasteiger partial charge is 0.125 e. The standard InChI is InChI=1S/C12H13ClN2OS/c13-11-4-2-1-3-10(11)12-15-9(8-17-12)7-14-5-6-16/h1-4,8,14,16H,5-7H2. The van der Waals surface area contributed by atoms with Gasteiger partial charge >= 0.3 is 0 Å². The van der Waals surface area contributed by atoms with Crippen molar-refractivity contribution in [1.29, 1.82) is 0 Å². The second-order valence-electron chi connectivity index (χ2n) is 3.52. The van der Waals surface area contributed by atoms with Crippen LogP contribution >= 0.6 is 22.9 Å². The number of nitrogens with zero attached hydrogens (tertiary/aromatic N) is 1. The number of aliphatic hydroxyl groups is 1.